The summed E-state index contributed by atoms with van der Waals surface area (Å²) in [7, 11) is -3.02. The molecule has 1 aromatic carbocycles. The minimum atomic E-state index is -3.02. The Hall–Kier alpha value is -0.910. The van der Waals surface area contributed by atoms with Gasteiger partial charge < -0.3 is 5.32 Å². The molecule has 1 aliphatic heterocycles. The van der Waals surface area contributed by atoms with Crippen LogP contribution in [0, 0.1) is 0 Å². The van der Waals surface area contributed by atoms with E-state index in [0.717, 1.165) is 25.7 Å². The van der Waals surface area contributed by atoms with E-state index in [1.165, 1.54) is 23.8 Å². The van der Waals surface area contributed by atoms with Crippen LogP contribution in [0.3, 0.4) is 0 Å². The van der Waals surface area contributed by atoms with Gasteiger partial charge in [0.15, 0.2) is 0 Å². The molecule has 0 amide bonds. The predicted octanol–water partition coefficient (Wildman–Crippen LogP) is 1.56. The van der Waals surface area contributed by atoms with E-state index in [4.69, 9.17) is 0 Å². The highest BCUT2D eigenvalue weighted by Gasteiger charge is 2.27. The standard InChI is InChI=1S/C16H24N2O2S/c1-21(19,20)18-10-8-15(9-11-18)17-16-7-6-13-4-2-3-5-14(13)12-16/h2-5,15-17H,6-12H2,1H3. The number of hydrogen-bond acceptors (Lipinski definition) is 3. The van der Waals surface area contributed by atoms with E-state index in [0.29, 0.717) is 25.2 Å². The van der Waals surface area contributed by atoms with Crippen LogP contribution < -0.4 is 5.32 Å². The van der Waals surface area contributed by atoms with E-state index in [1.54, 1.807) is 4.31 Å². The Kier molecular flexibility index (Phi) is 4.33. The van der Waals surface area contributed by atoms with E-state index >= 15 is 0 Å². The van der Waals surface area contributed by atoms with Crippen LogP contribution in [0.4, 0.5) is 0 Å². The fraction of sp³-hybridized carbons (Fsp3) is 0.625. The van der Waals surface area contributed by atoms with Gasteiger partial charge in [0.25, 0.3) is 0 Å². The van der Waals surface area contributed by atoms with E-state index in [-0.39, 0.29) is 0 Å². The van der Waals surface area contributed by atoms with Crippen molar-refractivity contribution in [2.75, 3.05) is 19.3 Å². The summed E-state index contributed by atoms with van der Waals surface area (Å²) in [5.74, 6) is 0. The van der Waals surface area contributed by atoms with Crippen molar-refractivity contribution in [3.05, 3.63) is 35.4 Å². The Morgan fingerprint density at radius 1 is 1.05 bits per heavy atom. The van der Waals surface area contributed by atoms with Crippen LogP contribution in [0.15, 0.2) is 24.3 Å². The smallest absolute Gasteiger partial charge is 0.211 e. The molecule has 1 aromatic rings. The van der Waals surface area contributed by atoms with Crippen LogP contribution in [0.5, 0.6) is 0 Å². The van der Waals surface area contributed by atoms with Gasteiger partial charge in [-0.05, 0) is 43.2 Å². The Morgan fingerprint density at radius 3 is 2.38 bits per heavy atom. The van der Waals surface area contributed by atoms with Crippen LogP contribution in [-0.4, -0.2) is 44.2 Å². The molecule has 21 heavy (non-hydrogen) atoms. The largest absolute Gasteiger partial charge is 0.311 e. The molecule has 1 saturated heterocycles. The lowest BCUT2D eigenvalue weighted by atomic mass is 9.87. The number of fused-ring (bicyclic) bond motifs is 1. The van der Waals surface area contributed by atoms with E-state index < -0.39 is 10.0 Å². The number of nitrogens with one attached hydrogen (secondary N) is 1. The van der Waals surface area contributed by atoms with Crippen molar-refractivity contribution in [1.82, 2.24) is 9.62 Å². The summed E-state index contributed by atoms with van der Waals surface area (Å²) in [6.07, 6.45) is 6.58. The second-order valence-electron chi connectivity index (χ2n) is 6.31. The monoisotopic (exact) mass is 308 g/mol. The Morgan fingerprint density at radius 2 is 1.71 bits per heavy atom. The maximum absolute atomic E-state index is 11.5. The molecule has 5 heteroatoms. The van der Waals surface area contributed by atoms with Crippen LogP contribution in [-0.2, 0) is 22.9 Å². The van der Waals surface area contributed by atoms with Gasteiger partial charge in [0.1, 0.15) is 0 Å². The molecule has 1 aliphatic carbocycles. The van der Waals surface area contributed by atoms with Crippen LogP contribution >= 0.6 is 0 Å². The maximum atomic E-state index is 11.5. The van der Waals surface area contributed by atoms with Crippen molar-refractivity contribution < 1.29 is 8.42 Å². The second kappa shape index (κ2) is 6.07. The van der Waals surface area contributed by atoms with Gasteiger partial charge >= 0.3 is 0 Å². The summed E-state index contributed by atoms with van der Waals surface area (Å²) >= 11 is 0. The molecule has 0 saturated carbocycles. The fourth-order valence-electron chi connectivity index (χ4n) is 3.53. The molecule has 4 nitrogen and oxygen atoms in total. The fourth-order valence-corrected chi connectivity index (χ4v) is 4.40. The average Bonchev–Trinajstić information content (AvgIpc) is 2.47. The third kappa shape index (κ3) is 3.65. The minimum Gasteiger partial charge on any atom is -0.311 e. The molecule has 116 valence electrons. The number of benzene rings is 1. The molecular weight excluding hydrogens is 284 g/mol. The molecule has 2 aliphatic rings. The van der Waals surface area contributed by atoms with E-state index in [2.05, 4.69) is 29.6 Å². The highest BCUT2D eigenvalue weighted by molar-refractivity contribution is 7.88. The topological polar surface area (TPSA) is 49.4 Å². The number of sulfonamides is 1. The lowest BCUT2D eigenvalue weighted by molar-refractivity contribution is 0.267. The first-order valence-corrected chi connectivity index (χ1v) is 9.65. The highest BCUT2D eigenvalue weighted by atomic mass is 32.2. The predicted molar refractivity (Wildman–Crippen MR) is 84.8 cm³/mol. The van der Waals surface area contributed by atoms with Gasteiger partial charge in [-0.3, -0.25) is 0 Å². The first kappa shape index (κ1) is 15.0. The molecule has 1 N–H and O–H groups in total. The van der Waals surface area contributed by atoms with Crippen molar-refractivity contribution in [2.24, 2.45) is 0 Å². The second-order valence-corrected chi connectivity index (χ2v) is 8.29. The summed E-state index contributed by atoms with van der Waals surface area (Å²) < 4.78 is 24.7. The van der Waals surface area contributed by atoms with Gasteiger partial charge in [-0.1, -0.05) is 24.3 Å². The normalized spacial score (nSPS) is 24.7. The molecule has 0 aromatic heterocycles. The summed E-state index contributed by atoms with van der Waals surface area (Å²) in [6, 6.07) is 9.69. The van der Waals surface area contributed by atoms with Gasteiger partial charge in [-0.15, -0.1) is 0 Å². The first-order valence-electron chi connectivity index (χ1n) is 7.80. The number of nitrogens with zero attached hydrogens (tertiary/aromatic N) is 1. The molecule has 0 spiro atoms. The van der Waals surface area contributed by atoms with Crippen LogP contribution in [0.1, 0.15) is 30.4 Å². The summed E-state index contributed by atoms with van der Waals surface area (Å²) in [4.78, 5) is 0. The van der Waals surface area contributed by atoms with Crippen molar-refractivity contribution in [3.63, 3.8) is 0 Å². The maximum Gasteiger partial charge on any atom is 0.211 e. The van der Waals surface area contributed by atoms with Gasteiger partial charge in [0.05, 0.1) is 6.26 Å². The Labute approximate surface area is 127 Å². The van der Waals surface area contributed by atoms with Gasteiger partial charge in [-0.25, -0.2) is 12.7 Å². The van der Waals surface area contributed by atoms with Crippen molar-refractivity contribution >= 4 is 10.0 Å². The molecule has 1 fully saturated rings. The van der Waals surface area contributed by atoms with E-state index in [9.17, 15) is 8.42 Å². The molecular formula is C16H24N2O2S. The minimum absolute atomic E-state index is 0.457. The zero-order valence-corrected chi connectivity index (χ0v) is 13.4. The number of aryl methyl sites for hydroxylation is 1. The quantitative estimate of drug-likeness (QED) is 0.922. The lowest BCUT2D eigenvalue weighted by Gasteiger charge is -2.35. The number of rotatable bonds is 3. The molecule has 1 heterocycles. The van der Waals surface area contributed by atoms with E-state index in [1.807, 2.05) is 0 Å². The molecule has 1 atom stereocenters. The molecule has 0 radical (unpaired) electrons. The van der Waals surface area contributed by atoms with Crippen molar-refractivity contribution in [1.29, 1.82) is 0 Å². The summed E-state index contributed by atoms with van der Waals surface area (Å²) in [5, 5.41) is 3.75. The average molecular weight is 308 g/mol. The SMILES string of the molecule is CS(=O)(=O)N1CCC(NC2CCc3ccccc3C2)CC1. The zero-order valence-electron chi connectivity index (χ0n) is 12.6. The van der Waals surface area contributed by atoms with Gasteiger partial charge in [-0.2, -0.15) is 0 Å². The molecule has 0 bridgehead atoms. The molecule has 3 rings (SSSR count). The Bertz CT molecular complexity index is 592. The first-order chi connectivity index (χ1) is 10.0. The number of hydrogen-bond donors (Lipinski definition) is 1. The Balaban J connectivity index is 1.53. The van der Waals surface area contributed by atoms with Crippen molar-refractivity contribution in [2.45, 2.75) is 44.2 Å². The zero-order chi connectivity index (χ0) is 14.9. The highest BCUT2D eigenvalue weighted by Crippen LogP contribution is 2.22. The van der Waals surface area contributed by atoms with Crippen LogP contribution in [0.2, 0.25) is 0 Å². The third-order valence-corrected chi connectivity index (χ3v) is 6.04. The van der Waals surface area contributed by atoms with Crippen LogP contribution in [0.25, 0.3) is 0 Å². The number of piperidine rings is 1. The summed E-state index contributed by atoms with van der Waals surface area (Å²) in [6.45, 7) is 1.31. The summed E-state index contributed by atoms with van der Waals surface area (Å²) in [5.41, 5.74) is 2.96. The lowest BCUT2D eigenvalue weighted by Crippen LogP contribution is -2.48. The molecule has 1 unspecified atom stereocenters. The third-order valence-electron chi connectivity index (χ3n) is 4.74. The van der Waals surface area contributed by atoms with Gasteiger partial charge in [0.2, 0.25) is 10.0 Å². The van der Waals surface area contributed by atoms with Gasteiger partial charge in [0, 0.05) is 25.2 Å². The van der Waals surface area contributed by atoms with Crippen molar-refractivity contribution in [3.8, 4) is 0 Å².